The molecule has 0 unspecified atom stereocenters. The van der Waals surface area contributed by atoms with E-state index in [1.54, 1.807) is 10.6 Å². The number of aromatic carboxylic acids is 1. The van der Waals surface area contributed by atoms with E-state index in [1.165, 1.54) is 12.3 Å². The molecule has 0 saturated heterocycles. The molecular weight excluding hydrogens is 249 g/mol. The van der Waals surface area contributed by atoms with Gasteiger partial charge in [0.25, 0.3) is 0 Å². The van der Waals surface area contributed by atoms with Crippen molar-refractivity contribution in [3.05, 3.63) is 51.6 Å². The van der Waals surface area contributed by atoms with Gasteiger partial charge in [-0.05, 0) is 18.6 Å². The molecule has 1 N–H and O–H groups in total. The number of benzene rings is 1. The Morgan fingerprint density at radius 3 is 2.89 bits per heavy atom. The van der Waals surface area contributed by atoms with Crippen molar-refractivity contribution in [2.45, 2.75) is 13.0 Å². The van der Waals surface area contributed by atoms with Crippen molar-refractivity contribution in [1.29, 1.82) is 0 Å². The molecule has 0 radical (unpaired) electrons. The van der Waals surface area contributed by atoms with Gasteiger partial charge in [-0.25, -0.2) is 9.18 Å². The predicted octanol–water partition coefficient (Wildman–Crippen LogP) is 2.26. The van der Waals surface area contributed by atoms with Crippen LogP contribution >= 0.6 is 0 Å². The quantitative estimate of drug-likeness (QED) is 0.854. The van der Waals surface area contributed by atoms with Gasteiger partial charge >= 0.3 is 5.97 Å². The Bertz CT molecular complexity index is 789. The number of rotatable bonds is 1. The third-order valence-corrected chi connectivity index (χ3v) is 3.23. The molecule has 0 bridgehead atoms. The second kappa shape index (κ2) is 4.05. The van der Waals surface area contributed by atoms with Crippen LogP contribution in [0.2, 0.25) is 0 Å². The lowest BCUT2D eigenvalue weighted by Gasteiger charge is -2.12. The van der Waals surface area contributed by atoms with E-state index >= 15 is 0 Å². The van der Waals surface area contributed by atoms with Crippen LogP contribution in [0.5, 0.6) is 0 Å². The first kappa shape index (κ1) is 11.6. The summed E-state index contributed by atoms with van der Waals surface area (Å²) in [6, 6.07) is 2.45. The molecule has 0 fully saturated rings. The molecule has 0 atom stereocenters. The number of aryl methyl sites for hydroxylation is 1. The minimum Gasteiger partial charge on any atom is -0.477 e. The molecule has 96 valence electrons. The standard InChI is InChI=1S/C14H10FNO3/c15-9-5-8-3-1-2-4-16-7-11(14(18)19)13(17)10(6-9)12(8)16/h1,3,5-7H,2,4H2,(H,18,19). The van der Waals surface area contributed by atoms with Crippen LogP contribution in [-0.2, 0) is 6.54 Å². The van der Waals surface area contributed by atoms with E-state index in [0.717, 1.165) is 6.07 Å². The van der Waals surface area contributed by atoms with E-state index in [-0.39, 0.29) is 10.9 Å². The second-order valence-electron chi connectivity index (χ2n) is 4.45. The molecule has 0 spiro atoms. The molecule has 1 aliphatic heterocycles. The monoisotopic (exact) mass is 259 g/mol. The highest BCUT2D eigenvalue weighted by Crippen LogP contribution is 2.23. The molecule has 0 aliphatic carbocycles. The summed E-state index contributed by atoms with van der Waals surface area (Å²) in [7, 11) is 0. The predicted molar refractivity (Wildman–Crippen MR) is 68.8 cm³/mol. The fourth-order valence-corrected chi connectivity index (χ4v) is 2.42. The van der Waals surface area contributed by atoms with Gasteiger partial charge in [-0.1, -0.05) is 12.2 Å². The van der Waals surface area contributed by atoms with Crippen LogP contribution in [0.3, 0.4) is 0 Å². The Labute approximate surface area is 107 Å². The topological polar surface area (TPSA) is 59.3 Å². The summed E-state index contributed by atoms with van der Waals surface area (Å²) < 4.78 is 15.3. The molecule has 1 aliphatic rings. The van der Waals surface area contributed by atoms with Crippen molar-refractivity contribution in [2.75, 3.05) is 0 Å². The first-order chi connectivity index (χ1) is 9.08. The highest BCUT2D eigenvalue weighted by Gasteiger charge is 2.17. The van der Waals surface area contributed by atoms with Crippen molar-refractivity contribution in [1.82, 2.24) is 4.57 Å². The van der Waals surface area contributed by atoms with Crippen LogP contribution in [0.1, 0.15) is 22.3 Å². The van der Waals surface area contributed by atoms with Crippen LogP contribution in [0.25, 0.3) is 17.0 Å². The van der Waals surface area contributed by atoms with E-state index in [9.17, 15) is 14.0 Å². The van der Waals surface area contributed by atoms with Crippen LogP contribution < -0.4 is 5.43 Å². The molecule has 3 rings (SSSR count). The van der Waals surface area contributed by atoms with E-state index < -0.39 is 17.2 Å². The summed E-state index contributed by atoms with van der Waals surface area (Å²) >= 11 is 0. The Kier molecular flexibility index (Phi) is 2.48. The average molecular weight is 259 g/mol. The minimum absolute atomic E-state index is 0.112. The minimum atomic E-state index is -1.29. The number of pyridine rings is 1. The summed E-state index contributed by atoms with van der Waals surface area (Å²) in [5.41, 5.74) is 0.215. The first-order valence-electron chi connectivity index (χ1n) is 5.84. The number of allylic oxidation sites excluding steroid dienone is 1. The van der Waals surface area contributed by atoms with Gasteiger partial charge < -0.3 is 9.67 Å². The lowest BCUT2D eigenvalue weighted by atomic mass is 10.1. The fourth-order valence-electron chi connectivity index (χ4n) is 2.42. The molecule has 2 heterocycles. The summed E-state index contributed by atoms with van der Waals surface area (Å²) in [6.45, 7) is 0.562. The first-order valence-corrected chi connectivity index (χ1v) is 5.84. The summed E-state index contributed by atoms with van der Waals surface area (Å²) in [5.74, 6) is -1.83. The molecule has 5 heteroatoms. The van der Waals surface area contributed by atoms with Gasteiger partial charge in [-0.2, -0.15) is 0 Å². The zero-order valence-corrected chi connectivity index (χ0v) is 9.89. The van der Waals surface area contributed by atoms with Gasteiger partial charge in [-0.3, -0.25) is 4.79 Å². The lowest BCUT2D eigenvalue weighted by Crippen LogP contribution is -2.19. The van der Waals surface area contributed by atoms with Gasteiger partial charge in [-0.15, -0.1) is 0 Å². The number of halogens is 1. The molecule has 0 saturated carbocycles. The Morgan fingerprint density at radius 1 is 1.37 bits per heavy atom. The lowest BCUT2D eigenvalue weighted by molar-refractivity contribution is 0.0695. The van der Waals surface area contributed by atoms with E-state index in [4.69, 9.17) is 5.11 Å². The average Bonchev–Trinajstić information content (AvgIpc) is 2.55. The van der Waals surface area contributed by atoms with Crippen molar-refractivity contribution in [2.24, 2.45) is 0 Å². The van der Waals surface area contributed by atoms with Crippen LogP contribution in [0.15, 0.2) is 29.2 Å². The maximum Gasteiger partial charge on any atom is 0.341 e. The van der Waals surface area contributed by atoms with Crippen LogP contribution in [0.4, 0.5) is 4.39 Å². The highest BCUT2D eigenvalue weighted by molar-refractivity contribution is 5.95. The number of aromatic nitrogens is 1. The zero-order valence-electron chi connectivity index (χ0n) is 9.89. The van der Waals surface area contributed by atoms with Gasteiger partial charge in [0.05, 0.1) is 10.9 Å². The van der Waals surface area contributed by atoms with Crippen LogP contribution in [0, 0.1) is 5.82 Å². The highest BCUT2D eigenvalue weighted by atomic mass is 19.1. The number of carboxylic acids is 1. The van der Waals surface area contributed by atoms with Crippen molar-refractivity contribution in [3.8, 4) is 0 Å². The van der Waals surface area contributed by atoms with Crippen molar-refractivity contribution in [3.63, 3.8) is 0 Å². The molecule has 4 nitrogen and oxygen atoms in total. The van der Waals surface area contributed by atoms with Gasteiger partial charge in [0.15, 0.2) is 0 Å². The summed E-state index contributed by atoms with van der Waals surface area (Å²) in [5, 5.41) is 9.16. The normalized spacial score (nSPS) is 13.5. The summed E-state index contributed by atoms with van der Waals surface area (Å²) in [6.07, 6.45) is 5.68. The molecule has 1 aromatic carbocycles. The number of nitrogens with zero attached hydrogens (tertiary/aromatic N) is 1. The Balaban J connectivity index is 2.54. The molecular formula is C14H10FNO3. The van der Waals surface area contributed by atoms with Crippen molar-refractivity contribution >= 4 is 22.9 Å². The number of hydrogen-bond acceptors (Lipinski definition) is 2. The molecule has 19 heavy (non-hydrogen) atoms. The molecule has 2 aromatic rings. The third-order valence-electron chi connectivity index (χ3n) is 3.23. The van der Waals surface area contributed by atoms with Crippen molar-refractivity contribution < 1.29 is 14.3 Å². The zero-order chi connectivity index (χ0) is 13.6. The number of hydrogen-bond donors (Lipinski definition) is 1. The largest absolute Gasteiger partial charge is 0.477 e. The smallest absolute Gasteiger partial charge is 0.341 e. The van der Waals surface area contributed by atoms with Gasteiger partial charge in [0, 0.05) is 18.3 Å². The maximum absolute atomic E-state index is 13.6. The molecule has 0 amide bonds. The van der Waals surface area contributed by atoms with Crippen LogP contribution in [-0.4, -0.2) is 15.6 Å². The Hall–Kier alpha value is -2.43. The number of carbonyl (C=O) groups is 1. The third kappa shape index (κ3) is 1.74. The fraction of sp³-hybridized carbons (Fsp3) is 0.143. The van der Waals surface area contributed by atoms with E-state index in [1.807, 2.05) is 6.08 Å². The van der Waals surface area contributed by atoms with Gasteiger partial charge in [0.1, 0.15) is 11.4 Å². The van der Waals surface area contributed by atoms with E-state index in [0.29, 0.717) is 24.0 Å². The Morgan fingerprint density at radius 2 is 2.16 bits per heavy atom. The van der Waals surface area contributed by atoms with Gasteiger partial charge in [0.2, 0.25) is 5.43 Å². The summed E-state index contributed by atoms with van der Waals surface area (Å²) in [4.78, 5) is 23.2. The number of carboxylic acid groups (broad SMARTS) is 1. The maximum atomic E-state index is 13.6. The van der Waals surface area contributed by atoms with E-state index in [2.05, 4.69) is 0 Å². The second-order valence-corrected chi connectivity index (χ2v) is 4.45. The SMILES string of the molecule is O=C(O)c1cn2c3c(cc(F)cc3c1=O)C=CCC2. The molecule has 1 aromatic heterocycles.